The van der Waals surface area contributed by atoms with Gasteiger partial charge in [0, 0.05) is 24.5 Å². The van der Waals surface area contributed by atoms with Crippen LogP contribution in [-0.2, 0) is 4.79 Å². The molecule has 0 aliphatic heterocycles. The van der Waals surface area contributed by atoms with Gasteiger partial charge in [-0.15, -0.1) is 11.3 Å². The van der Waals surface area contributed by atoms with E-state index in [0.717, 1.165) is 17.8 Å². The second-order valence-electron chi connectivity index (χ2n) is 4.37. The number of carbonyl (C=O) groups is 1. The maximum absolute atomic E-state index is 11.5. The Hall–Kier alpha value is -1.67. The number of thiophene rings is 1. The number of aliphatic hydroxyl groups is 1. The molecule has 1 atom stereocenters. The lowest BCUT2D eigenvalue weighted by Gasteiger charge is -2.20. The zero-order valence-electron chi connectivity index (χ0n) is 11.8. The van der Waals surface area contributed by atoms with Gasteiger partial charge >= 0.3 is 5.69 Å². The number of nitro groups is 1. The number of nitrogens with zero attached hydrogens (tertiary/aromatic N) is 2. The number of hydrogen-bond acceptors (Lipinski definition) is 6. The Kier molecular flexibility index (Phi) is 5.90. The van der Waals surface area contributed by atoms with Gasteiger partial charge in [0.2, 0.25) is 5.91 Å². The number of rotatable bonds is 7. The van der Waals surface area contributed by atoms with E-state index >= 15 is 0 Å². The molecule has 1 unspecified atom stereocenters. The van der Waals surface area contributed by atoms with Crippen LogP contribution in [0.5, 0.6) is 0 Å². The Labute approximate surface area is 121 Å². The lowest BCUT2D eigenvalue weighted by molar-refractivity contribution is -0.383. The van der Waals surface area contributed by atoms with Crippen LogP contribution in [-0.4, -0.2) is 36.1 Å². The largest absolute Gasteiger partial charge is 0.388 e. The molecular weight excluding hydrogens is 282 g/mol. The first kappa shape index (κ1) is 16.4. The van der Waals surface area contributed by atoms with Crippen LogP contribution in [0.15, 0.2) is 6.07 Å². The van der Waals surface area contributed by atoms with Crippen molar-refractivity contribution in [2.75, 3.05) is 25.0 Å². The fraction of sp³-hybridized carbons (Fsp3) is 0.583. The third-order valence-electron chi connectivity index (χ3n) is 2.72. The molecule has 7 nitrogen and oxygen atoms in total. The van der Waals surface area contributed by atoms with E-state index < -0.39 is 11.0 Å². The van der Waals surface area contributed by atoms with Gasteiger partial charge in [-0.25, -0.2) is 0 Å². The predicted molar refractivity (Wildman–Crippen MR) is 78.2 cm³/mol. The van der Waals surface area contributed by atoms with Crippen molar-refractivity contribution in [1.82, 2.24) is 5.32 Å². The highest BCUT2D eigenvalue weighted by Crippen LogP contribution is 2.40. The second kappa shape index (κ2) is 7.20. The molecular formula is C12H19N3O4S. The third-order valence-corrected chi connectivity index (χ3v) is 4.07. The van der Waals surface area contributed by atoms with Crippen LogP contribution in [0.25, 0.3) is 0 Å². The van der Waals surface area contributed by atoms with Gasteiger partial charge in [-0.05, 0) is 13.3 Å². The number of anilines is 1. The minimum Gasteiger partial charge on any atom is -0.388 e. The summed E-state index contributed by atoms with van der Waals surface area (Å²) in [6.45, 7) is 4.09. The van der Waals surface area contributed by atoms with Crippen LogP contribution in [0.2, 0.25) is 0 Å². The van der Waals surface area contributed by atoms with Gasteiger partial charge in [0.1, 0.15) is 0 Å². The third kappa shape index (κ3) is 3.91. The Morgan fingerprint density at radius 3 is 2.75 bits per heavy atom. The van der Waals surface area contributed by atoms with E-state index in [0.29, 0.717) is 16.4 Å². The van der Waals surface area contributed by atoms with Gasteiger partial charge < -0.3 is 15.3 Å². The number of hydrogen-bond donors (Lipinski definition) is 2. The summed E-state index contributed by atoms with van der Waals surface area (Å²) in [4.78, 5) is 24.4. The lowest BCUT2D eigenvalue weighted by Crippen LogP contribution is -2.36. The van der Waals surface area contributed by atoms with E-state index in [2.05, 4.69) is 5.32 Å². The van der Waals surface area contributed by atoms with Crippen molar-refractivity contribution in [2.45, 2.75) is 26.4 Å². The second-order valence-corrected chi connectivity index (χ2v) is 5.43. The molecule has 1 aromatic heterocycles. The maximum atomic E-state index is 11.5. The first-order chi connectivity index (χ1) is 9.40. The Morgan fingerprint density at radius 1 is 1.65 bits per heavy atom. The standard InChI is InChI=1S/C12H19N3O4S/c1-4-5-14(7-11(17)13-3)12-9(15(18)19)6-10(20-12)8(2)16/h6,8,16H,4-5,7H2,1-3H3,(H,13,17). The van der Waals surface area contributed by atoms with Crippen molar-refractivity contribution < 1.29 is 14.8 Å². The molecule has 8 heteroatoms. The molecule has 1 aromatic rings. The monoisotopic (exact) mass is 301 g/mol. The zero-order chi connectivity index (χ0) is 15.3. The van der Waals surface area contributed by atoms with Crippen molar-refractivity contribution in [1.29, 1.82) is 0 Å². The average Bonchev–Trinajstić information content (AvgIpc) is 2.83. The SMILES string of the molecule is CCCN(CC(=O)NC)c1sc(C(C)O)cc1[N+](=O)[O-]. The van der Waals surface area contributed by atoms with Gasteiger partial charge in [-0.3, -0.25) is 14.9 Å². The minimum atomic E-state index is -0.768. The highest BCUT2D eigenvalue weighted by Gasteiger charge is 2.26. The summed E-state index contributed by atoms with van der Waals surface area (Å²) in [5.74, 6) is -0.209. The Bertz CT molecular complexity index is 487. The Balaban J connectivity index is 3.16. The zero-order valence-corrected chi connectivity index (χ0v) is 12.6. The fourth-order valence-corrected chi connectivity index (χ4v) is 2.82. The molecule has 0 aliphatic carbocycles. The number of aliphatic hydroxyl groups excluding tert-OH is 1. The number of likely N-dealkylation sites (N-methyl/N-ethyl adjacent to an activating group) is 1. The summed E-state index contributed by atoms with van der Waals surface area (Å²) in [6.07, 6.45) is -0.00768. The molecule has 0 radical (unpaired) electrons. The van der Waals surface area contributed by atoms with Crippen molar-refractivity contribution in [3.63, 3.8) is 0 Å². The van der Waals surface area contributed by atoms with Crippen molar-refractivity contribution in [2.24, 2.45) is 0 Å². The van der Waals surface area contributed by atoms with E-state index in [1.54, 1.807) is 11.8 Å². The van der Waals surface area contributed by atoms with E-state index in [-0.39, 0.29) is 18.1 Å². The molecule has 0 aromatic carbocycles. The van der Waals surface area contributed by atoms with Crippen LogP contribution < -0.4 is 10.2 Å². The van der Waals surface area contributed by atoms with Crippen LogP contribution in [0.4, 0.5) is 10.7 Å². The molecule has 1 rings (SSSR count). The summed E-state index contributed by atoms with van der Waals surface area (Å²) in [6, 6.07) is 1.37. The first-order valence-electron chi connectivity index (χ1n) is 6.32. The smallest absolute Gasteiger partial charge is 0.304 e. The summed E-state index contributed by atoms with van der Waals surface area (Å²) in [7, 11) is 1.52. The van der Waals surface area contributed by atoms with Crippen LogP contribution >= 0.6 is 11.3 Å². The van der Waals surface area contributed by atoms with E-state index in [1.165, 1.54) is 13.1 Å². The molecule has 0 spiro atoms. The molecule has 2 N–H and O–H groups in total. The molecule has 0 aliphatic rings. The van der Waals surface area contributed by atoms with E-state index in [1.807, 2.05) is 6.92 Å². The van der Waals surface area contributed by atoms with Crippen molar-refractivity contribution >= 4 is 27.9 Å². The maximum Gasteiger partial charge on any atom is 0.304 e. The number of amides is 1. The summed E-state index contributed by atoms with van der Waals surface area (Å²) in [5, 5.41) is 23.6. The van der Waals surface area contributed by atoms with Crippen molar-refractivity contribution in [3.8, 4) is 0 Å². The molecule has 20 heavy (non-hydrogen) atoms. The Morgan fingerprint density at radius 2 is 2.30 bits per heavy atom. The van der Waals surface area contributed by atoms with Gasteiger partial charge in [0.25, 0.3) is 0 Å². The number of carbonyl (C=O) groups excluding carboxylic acids is 1. The molecule has 0 fully saturated rings. The van der Waals surface area contributed by atoms with Crippen LogP contribution in [0.1, 0.15) is 31.2 Å². The summed E-state index contributed by atoms with van der Waals surface area (Å²) < 4.78 is 0. The highest BCUT2D eigenvalue weighted by atomic mass is 32.1. The van der Waals surface area contributed by atoms with Gasteiger partial charge in [-0.2, -0.15) is 0 Å². The van der Waals surface area contributed by atoms with E-state index in [4.69, 9.17) is 0 Å². The minimum absolute atomic E-state index is 0.0605. The molecule has 0 bridgehead atoms. The first-order valence-corrected chi connectivity index (χ1v) is 7.14. The topological polar surface area (TPSA) is 95.7 Å². The molecule has 0 saturated carbocycles. The predicted octanol–water partition coefficient (Wildman–Crippen LogP) is 1.67. The summed E-state index contributed by atoms with van der Waals surface area (Å²) in [5.41, 5.74) is -0.0664. The lowest BCUT2D eigenvalue weighted by atomic mass is 10.3. The molecule has 1 amide bonds. The van der Waals surface area contributed by atoms with Gasteiger partial charge in [-0.1, -0.05) is 6.92 Å². The number of nitrogens with one attached hydrogen (secondary N) is 1. The normalized spacial score (nSPS) is 12.0. The van der Waals surface area contributed by atoms with E-state index in [9.17, 15) is 20.0 Å². The molecule has 112 valence electrons. The fourth-order valence-electron chi connectivity index (χ4n) is 1.73. The van der Waals surface area contributed by atoms with Gasteiger partial charge in [0.15, 0.2) is 5.00 Å². The average molecular weight is 301 g/mol. The van der Waals surface area contributed by atoms with Crippen molar-refractivity contribution in [3.05, 3.63) is 21.1 Å². The summed E-state index contributed by atoms with van der Waals surface area (Å²) >= 11 is 1.15. The van der Waals surface area contributed by atoms with Crippen LogP contribution in [0.3, 0.4) is 0 Å². The molecule has 0 saturated heterocycles. The quantitative estimate of drug-likeness (QED) is 0.590. The highest BCUT2D eigenvalue weighted by molar-refractivity contribution is 7.16. The van der Waals surface area contributed by atoms with Crippen LogP contribution in [0, 0.1) is 10.1 Å². The van der Waals surface area contributed by atoms with Gasteiger partial charge in [0.05, 0.1) is 17.6 Å². The molecule has 1 heterocycles.